The summed E-state index contributed by atoms with van der Waals surface area (Å²) in [6.07, 6.45) is 9.92. The van der Waals surface area contributed by atoms with Gasteiger partial charge in [-0.05, 0) is 44.4 Å². The van der Waals surface area contributed by atoms with E-state index in [0.717, 1.165) is 45.1 Å². The van der Waals surface area contributed by atoms with Gasteiger partial charge in [0, 0.05) is 12.6 Å². The largest absolute Gasteiger partial charge is 0.465 e. The summed E-state index contributed by atoms with van der Waals surface area (Å²) in [5.74, 6) is 0.513. The van der Waals surface area contributed by atoms with Crippen LogP contribution in [0.25, 0.3) is 0 Å². The van der Waals surface area contributed by atoms with Crippen LogP contribution >= 0.6 is 0 Å². The third-order valence-electron chi connectivity index (χ3n) is 4.53. The molecule has 0 heterocycles. The van der Waals surface area contributed by atoms with Crippen molar-refractivity contribution in [2.24, 2.45) is 5.92 Å². The molecule has 0 aromatic carbocycles. The van der Waals surface area contributed by atoms with Crippen LogP contribution in [0.4, 0.5) is 4.79 Å². The smallest absolute Gasteiger partial charge is 0.315 e. The van der Waals surface area contributed by atoms with Crippen LogP contribution < -0.4 is 10.6 Å². The Labute approximate surface area is 120 Å². The van der Waals surface area contributed by atoms with Crippen LogP contribution in [0.5, 0.6) is 0 Å². The Bertz CT molecular complexity index is 308. The third-order valence-corrected chi connectivity index (χ3v) is 4.53. The molecule has 20 heavy (non-hydrogen) atoms. The van der Waals surface area contributed by atoms with Gasteiger partial charge in [0.2, 0.25) is 0 Å². The van der Waals surface area contributed by atoms with Gasteiger partial charge in [-0.1, -0.05) is 19.3 Å². The van der Waals surface area contributed by atoms with E-state index in [0.29, 0.717) is 18.4 Å². The molecule has 0 atom stereocenters. The first kappa shape index (κ1) is 15.1. The van der Waals surface area contributed by atoms with Gasteiger partial charge in [-0.3, -0.25) is 4.79 Å². The first-order chi connectivity index (χ1) is 9.78. The van der Waals surface area contributed by atoms with Crippen molar-refractivity contribution < 1.29 is 14.3 Å². The van der Waals surface area contributed by atoms with E-state index < -0.39 is 0 Å². The van der Waals surface area contributed by atoms with E-state index in [4.69, 9.17) is 4.74 Å². The molecule has 2 amide bonds. The second kappa shape index (κ2) is 8.12. The lowest BCUT2D eigenvalue weighted by Crippen LogP contribution is -2.44. The highest BCUT2D eigenvalue weighted by Gasteiger charge is 2.22. The van der Waals surface area contributed by atoms with Gasteiger partial charge >= 0.3 is 6.03 Å². The average molecular weight is 282 g/mol. The summed E-state index contributed by atoms with van der Waals surface area (Å²) in [5, 5.41) is 6.05. The molecule has 114 valence electrons. The molecule has 0 bridgehead atoms. The number of carbonyl (C=O) groups excluding carboxylic acids is 2. The molecule has 2 aliphatic rings. The summed E-state index contributed by atoms with van der Waals surface area (Å²) in [5.41, 5.74) is 0. The number of hydrogen-bond acceptors (Lipinski definition) is 3. The van der Waals surface area contributed by atoms with Crippen molar-refractivity contribution in [3.63, 3.8) is 0 Å². The maximum absolute atomic E-state index is 11.8. The normalized spacial score (nSPS) is 27.6. The van der Waals surface area contributed by atoms with Crippen LogP contribution in [0.3, 0.4) is 0 Å². The molecule has 5 heteroatoms. The number of ether oxygens (including phenoxy) is 1. The zero-order valence-corrected chi connectivity index (χ0v) is 12.1. The van der Waals surface area contributed by atoms with Crippen molar-refractivity contribution in [2.45, 2.75) is 69.9 Å². The van der Waals surface area contributed by atoms with E-state index in [9.17, 15) is 9.59 Å². The Morgan fingerprint density at radius 3 is 2.40 bits per heavy atom. The highest BCUT2D eigenvalue weighted by molar-refractivity contribution is 5.74. The number of carbonyl (C=O) groups is 2. The second-order valence-electron chi connectivity index (χ2n) is 6.06. The molecule has 0 aliphatic heterocycles. The molecular formula is C15H26N2O3. The van der Waals surface area contributed by atoms with Gasteiger partial charge < -0.3 is 15.4 Å². The zero-order chi connectivity index (χ0) is 14.2. The van der Waals surface area contributed by atoms with Crippen molar-refractivity contribution in [3.8, 4) is 0 Å². The summed E-state index contributed by atoms with van der Waals surface area (Å²) < 4.78 is 4.98. The van der Waals surface area contributed by atoms with Crippen LogP contribution in [0.15, 0.2) is 0 Å². The molecule has 0 spiro atoms. The van der Waals surface area contributed by atoms with Gasteiger partial charge in [0.05, 0.1) is 0 Å². The van der Waals surface area contributed by atoms with E-state index in [1.54, 1.807) is 0 Å². The summed E-state index contributed by atoms with van der Waals surface area (Å²) in [6.45, 7) is 1.27. The van der Waals surface area contributed by atoms with Crippen molar-refractivity contribution in [1.82, 2.24) is 10.6 Å². The molecule has 0 aromatic heterocycles. The molecular weight excluding hydrogens is 256 g/mol. The standard InChI is InChI=1S/C15H26N2O3/c18-11-20-14-8-6-12(7-9-14)10-16-15(19)17-13-4-2-1-3-5-13/h11-14H,1-10H2,(H2,16,17,19). The molecule has 0 radical (unpaired) electrons. The van der Waals surface area contributed by atoms with Crippen molar-refractivity contribution >= 4 is 12.5 Å². The molecule has 0 aromatic rings. The molecule has 2 N–H and O–H groups in total. The Kier molecular flexibility index (Phi) is 6.15. The Balaban J connectivity index is 1.58. The van der Waals surface area contributed by atoms with E-state index in [-0.39, 0.29) is 12.1 Å². The van der Waals surface area contributed by atoms with Crippen LogP contribution in [0.1, 0.15) is 57.8 Å². The van der Waals surface area contributed by atoms with E-state index in [1.165, 1.54) is 19.3 Å². The van der Waals surface area contributed by atoms with Crippen LogP contribution in [0, 0.1) is 5.92 Å². The minimum absolute atomic E-state index is 0.0248. The molecule has 0 unspecified atom stereocenters. The molecule has 2 fully saturated rings. The van der Waals surface area contributed by atoms with Gasteiger partial charge in [0.1, 0.15) is 6.10 Å². The van der Waals surface area contributed by atoms with E-state index in [2.05, 4.69) is 10.6 Å². The van der Waals surface area contributed by atoms with Crippen molar-refractivity contribution in [3.05, 3.63) is 0 Å². The van der Waals surface area contributed by atoms with Gasteiger partial charge in [0.25, 0.3) is 6.47 Å². The Morgan fingerprint density at radius 1 is 1.05 bits per heavy atom. The van der Waals surface area contributed by atoms with Crippen LogP contribution in [-0.2, 0) is 9.53 Å². The van der Waals surface area contributed by atoms with E-state index >= 15 is 0 Å². The minimum atomic E-state index is -0.0248. The summed E-state index contributed by atoms with van der Waals surface area (Å²) >= 11 is 0. The summed E-state index contributed by atoms with van der Waals surface area (Å²) in [7, 11) is 0. The number of amides is 2. The highest BCUT2D eigenvalue weighted by atomic mass is 16.5. The second-order valence-corrected chi connectivity index (χ2v) is 6.06. The molecule has 2 saturated carbocycles. The minimum Gasteiger partial charge on any atom is -0.465 e. The average Bonchev–Trinajstić information content (AvgIpc) is 2.48. The SMILES string of the molecule is O=COC1CCC(CNC(=O)NC2CCCCC2)CC1. The van der Waals surface area contributed by atoms with Crippen molar-refractivity contribution in [2.75, 3.05) is 6.54 Å². The van der Waals surface area contributed by atoms with Gasteiger partial charge in [0.15, 0.2) is 0 Å². The first-order valence-corrected chi connectivity index (χ1v) is 7.91. The lowest BCUT2D eigenvalue weighted by Gasteiger charge is -2.28. The highest BCUT2D eigenvalue weighted by Crippen LogP contribution is 2.25. The van der Waals surface area contributed by atoms with E-state index in [1.807, 2.05) is 0 Å². The Morgan fingerprint density at radius 2 is 1.75 bits per heavy atom. The summed E-state index contributed by atoms with van der Waals surface area (Å²) in [4.78, 5) is 22.1. The monoisotopic (exact) mass is 282 g/mol. The fourth-order valence-corrected chi connectivity index (χ4v) is 3.27. The number of hydrogen-bond donors (Lipinski definition) is 2. The quantitative estimate of drug-likeness (QED) is 0.761. The number of nitrogens with one attached hydrogen (secondary N) is 2. The topological polar surface area (TPSA) is 67.4 Å². The molecule has 0 saturated heterocycles. The zero-order valence-electron chi connectivity index (χ0n) is 12.1. The van der Waals surface area contributed by atoms with Gasteiger partial charge in [-0.2, -0.15) is 0 Å². The van der Waals surface area contributed by atoms with Crippen LogP contribution in [0.2, 0.25) is 0 Å². The first-order valence-electron chi connectivity index (χ1n) is 7.91. The van der Waals surface area contributed by atoms with Crippen LogP contribution in [-0.4, -0.2) is 31.2 Å². The number of urea groups is 1. The fraction of sp³-hybridized carbons (Fsp3) is 0.867. The molecule has 5 nitrogen and oxygen atoms in total. The molecule has 2 aliphatic carbocycles. The lowest BCUT2D eigenvalue weighted by atomic mass is 9.87. The number of rotatable bonds is 5. The molecule has 2 rings (SSSR count). The third kappa shape index (κ3) is 5.02. The Hall–Kier alpha value is -1.26. The van der Waals surface area contributed by atoms with Gasteiger partial charge in [-0.15, -0.1) is 0 Å². The maximum atomic E-state index is 11.8. The predicted octanol–water partition coefficient (Wildman–Crippen LogP) is 2.35. The predicted molar refractivity (Wildman–Crippen MR) is 76.3 cm³/mol. The maximum Gasteiger partial charge on any atom is 0.315 e. The summed E-state index contributed by atoms with van der Waals surface area (Å²) in [6, 6.07) is 0.337. The fourth-order valence-electron chi connectivity index (χ4n) is 3.27. The lowest BCUT2D eigenvalue weighted by molar-refractivity contribution is -0.135. The van der Waals surface area contributed by atoms with Gasteiger partial charge in [-0.25, -0.2) is 4.79 Å². The van der Waals surface area contributed by atoms with Crippen molar-refractivity contribution in [1.29, 1.82) is 0 Å².